The predicted octanol–water partition coefficient (Wildman–Crippen LogP) is 5.56. The summed E-state index contributed by atoms with van der Waals surface area (Å²) in [5.74, 6) is -0.288. The molecule has 7 heteroatoms. The van der Waals surface area contributed by atoms with Gasteiger partial charge in [0.25, 0.3) is 0 Å². The van der Waals surface area contributed by atoms with Crippen LogP contribution in [0.1, 0.15) is 24.5 Å². The zero-order valence-corrected chi connectivity index (χ0v) is 14.6. The van der Waals surface area contributed by atoms with Gasteiger partial charge in [-0.05, 0) is 30.2 Å². The lowest BCUT2D eigenvalue weighted by atomic mass is 10.0. The highest BCUT2D eigenvalue weighted by Crippen LogP contribution is 2.28. The second kappa shape index (κ2) is 7.40. The third-order valence-corrected chi connectivity index (χ3v) is 4.81. The van der Waals surface area contributed by atoms with E-state index in [0.29, 0.717) is 16.4 Å². The van der Waals surface area contributed by atoms with E-state index < -0.39 is 11.6 Å². The molecule has 2 heterocycles. The monoisotopic (exact) mass is 367 g/mol. The number of hydrogen-bond acceptors (Lipinski definition) is 3. The van der Waals surface area contributed by atoms with Gasteiger partial charge in [0.05, 0.1) is 10.7 Å². The van der Waals surface area contributed by atoms with Crippen molar-refractivity contribution < 1.29 is 8.78 Å². The molecule has 126 valence electrons. The summed E-state index contributed by atoms with van der Waals surface area (Å²) in [6, 6.07) is 4.45. The first-order chi connectivity index (χ1) is 11.6. The van der Waals surface area contributed by atoms with Crippen LogP contribution in [0.2, 0.25) is 5.02 Å². The van der Waals surface area contributed by atoms with Crippen LogP contribution >= 0.6 is 23.5 Å². The number of pyridine rings is 1. The molecule has 3 aromatic rings. The second-order valence-corrected chi connectivity index (χ2v) is 6.72. The molecule has 2 aromatic heterocycles. The maximum Gasteiger partial charge on any atom is 0.153 e. The molecule has 0 aliphatic rings. The Bertz CT molecular complexity index is 866. The van der Waals surface area contributed by atoms with Gasteiger partial charge in [-0.1, -0.05) is 30.5 Å². The van der Waals surface area contributed by atoms with Crippen LogP contribution in [0.15, 0.2) is 30.6 Å². The summed E-state index contributed by atoms with van der Waals surface area (Å²) >= 11 is 7.37. The van der Waals surface area contributed by atoms with E-state index in [4.69, 9.17) is 11.6 Å². The molecule has 0 saturated heterocycles. The fraction of sp³-hybridized carbons (Fsp3) is 0.235. The fourth-order valence-electron chi connectivity index (χ4n) is 2.44. The number of H-pyrrole nitrogens is 1. The highest BCUT2D eigenvalue weighted by atomic mass is 35.5. The van der Waals surface area contributed by atoms with Crippen LogP contribution in [0.5, 0.6) is 0 Å². The first-order valence-corrected chi connectivity index (χ1v) is 8.92. The molecular formula is C17H16ClF2N3S. The minimum Gasteiger partial charge on any atom is -0.346 e. The van der Waals surface area contributed by atoms with E-state index in [0.717, 1.165) is 23.1 Å². The molecule has 0 radical (unpaired) electrons. The van der Waals surface area contributed by atoms with Gasteiger partial charge in [-0.2, -0.15) is 0 Å². The molecular weight excluding hydrogens is 352 g/mol. The maximum absolute atomic E-state index is 14.7. The standard InChI is InChI=1S/C17H16ClF2N3S/c1-2-5-24-23-15-4-3-14(19)13(16(15)20)6-10-8-21-17-12(10)7-11(18)9-22-17/h3-4,7-9,23H,2,5-6H2,1H3,(H,21,22). The van der Waals surface area contributed by atoms with Crippen LogP contribution in [0.3, 0.4) is 0 Å². The van der Waals surface area contributed by atoms with Gasteiger partial charge in [-0.3, -0.25) is 0 Å². The number of fused-ring (bicyclic) bond motifs is 1. The molecule has 0 bridgehead atoms. The van der Waals surface area contributed by atoms with Gasteiger partial charge in [-0.15, -0.1) is 0 Å². The molecule has 0 aliphatic heterocycles. The smallest absolute Gasteiger partial charge is 0.153 e. The lowest BCUT2D eigenvalue weighted by Gasteiger charge is -2.11. The van der Waals surface area contributed by atoms with E-state index in [1.165, 1.54) is 30.3 Å². The number of hydrogen-bond donors (Lipinski definition) is 2. The summed E-state index contributed by atoms with van der Waals surface area (Å²) in [4.78, 5) is 7.16. The Hall–Kier alpha value is -1.79. The van der Waals surface area contributed by atoms with Gasteiger partial charge in [0.2, 0.25) is 0 Å². The molecule has 0 atom stereocenters. The molecule has 0 spiro atoms. The van der Waals surface area contributed by atoms with E-state index in [9.17, 15) is 8.78 Å². The number of aromatic amines is 1. The van der Waals surface area contributed by atoms with Gasteiger partial charge >= 0.3 is 0 Å². The summed E-state index contributed by atoms with van der Waals surface area (Å²) in [6.45, 7) is 2.04. The summed E-state index contributed by atoms with van der Waals surface area (Å²) in [6.07, 6.45) is 4.32. The first-order valence-electron chi connectivity index (χ1n) is 7.56. The molecule has 0 fully saturated rings. The molecule has 1 aromatic carbocycles. The van der Waals surface area contributed by atoms with E-state index in [1.54, 1.807) is 12.3 Å². The lowest BCUT2D eigenvalue weighted by Crippen LogP contribution is -2.01. The van der Waals surface area contributed by atoms with Crippen molar-refractivity contribution in [3.8, 4) is 0 Å². The Kier molecular flexibility index (Phi) is 5.26. The quantitative estimate of drug-likeness (QED) is 0.443. The average Bonchev–Trinajstić information content (AvgIpc) is 2.96. The normalized spacial score (nSPS) is 11.2. The van der Waals surface area contributed by atoms with Crippen molar-refractivity contribution in [1.82, 2.24) is 9.97 Å². The molecule has 0 saturated carbocycles. The van der Waals surface area contributed by atoms with Crippen LogP contribution in [0.25, 0.3) is 11.0 Å². The number of nitrogens with zero attached hydrogens (tertiary/aromatic N) is 1. The molecule has 0 unspecified atom stereocenters. The number of halogens is 3. The zero-order chi connectivity index (χ0) is 17.1. The Morgan fingerprint density at radius 1 is 1.33 bits per heavy atom. The highest BCUT2D eigenvalue weighted by Gasteiger charge is 2.16. The van der Waals surface area contributed by atoms with E-state index in [1.807, 2.05) is 6.92 Å². The molecule has 2 N–H and O–H groups in total. The number of nitrogens with one attached hydrogen (secondary N) is 2. The maximum atomic E-state index is 14.7. The minimum absolute atomic E-state index is 0.0259. The molecule has 3 nitrogen and oxygen atoms in total. The fourth-order valence-corrected chi connectivity index (χ4v) is 3.22. The summed E-state index contributed by atoms with van der Waals surface area (Å²) < 4.78 is 31.8. The van der Waals surface area contributed by atoms with Crippen LogP contribution in [0.4, 0.5) is 14.5 Å². The summed E-state index contributed by atoms with van der Waals surface area (Å²) in [5, 5.41) is 1.25. The van der Waals surface area contributed by atoms with Crippen molar-refractivity contribution in [3.63, 3.8) is 0 Å². The van der Waals surface area contributed by atoms with Crippen LogP contribution in [-0.4, -0.2) is 15.7 Å². The van der Waals surface area contributed by atoms with Crippen LogP contribution in [-0.2, 0) is 6.42 Å². The Morgan fingerprint density at radius 2 is 2.17 bits per heavy atom. The lowest BCUT2D eigenvalue weighted by molar-refractivity contribution is 0.565. The largest absolute Gasteiger partial charge is 0.346 e. The minimum atomic E-state index is -0.567. The highest BCUT2D eigenvalue weighted by molar-refractivity contribution is 8.00. The topological polar surface area (TPSA) is 40.7 Å². The van der Waals surface area contributed by atoms with Gasteiger partial charge in [-0.25, -0.2) is 13.8 Å². The van der Waals surface area contributed by atoms with Crippen molar-refractivity contribution in [2.45, 2.75) is 19.8 Å². The van der Waals surface area contributed by atoms with Gasteiger partial charge in [0.15, 0.2) is 5.82 Å². The van der Waals surface area contributed by atoms with Crippen molar-refractivity contribution in [2.75, 3.05) is 10.5 Å². The Morgan fingerprint density at radius 3 is 2.96 bits per heavy atom. The third-order valence-electron chi connectivity index (χ3n) is 3.62. The predicted molar refractivity (Wildman–Crippen MR) is 96.6 cm³/mol. The van der Waals surface area contributed by atoms with Crippen molar-refractivity contribution in [1.29, 1.82) is 0 Å². The van der Waals surface area contributed by atoms with Crippen molar-refractivity contribution in [2.24, 2.45) is 0 Å². The van der Waals surface area contributed by atoms with Crippen LogP contribution < -0.4 is 4.72 Å². The van der Waals surface area contributed by atoms with Gasteiger partial charge in [0.1, 0.15) is 11.5 Å². The number of anilines is 1. The average molecular weight is 368 g/mol. The molecule has 0 amide bonds. The van der Waals surface area contributed by atoms with Crippen molar-refractivity contribution in [3.05, 3.63) is 58.4 Å². The number of rotatable bonds is 6. The number of benzene rings is 1. The van der Waals surface area contributed by atoms with E-state index >= 15 is 0 Å². The Balaban J connectivity index is 1.93. The van der Waals surface area contributed by atoms with Gasteiger partial charge < -0.3 is 9.71 Å². The first kappa shape index (κ1) is 17.0. The second-order valence-electron chi connectivity index (χ2n) is 5.38. The van der Waals surface area contributed by atoms with Crippen LogP contribution in [0, 0.1) is 11.6 Å². The van der Waals surface area contributed by atoms with Crippen molar-refractivity contribution >= 4 is 40.3 Å². The summed E-state index contributed by atoms with van der Waals surface area (Å²) in [5.41, 5.74) is 1.71. The molecule has 3 rings (SSSR count). The van der Waals surface area contributed by atoms with E-state index in [-0.39, 0.29) is 12.0 Å². The SMILES string of the molecule is CCCSNc1ccc(F)c(Cc2c[nH]c3ncc(Cl)cc23)c1F. The summed E-state index contributed by atoms with van der Waals surface area (Å²) in [7, 11) is 0. The third kappa shape index (κ3) is 3.49. The van der Waals surface area contributed by atoms with Gasteiger partial charge in [0, 0.05) is 35.5 Å². The van der Waals surface area contributed by atoms with E-state index in [2.05, 4.69) is 14.7 Å². The molecule has 0 aliphatic carbocycles. The Labute approximate surface area is 148 Å². The number of aromatic nitrogens is 2. The zero-order valence-electron chi connectivity index (χ0n) is 13.0. The molecule has 24 heavy (non-hydrogen) atoms.